The predicted octanol–water partition coefficient (Wildman–Crippen LogP) is 7.88. The molecule has 0 bridgehead atoms. The summed E-state index contributed by atoms with van der Waals surface area (Å²) in [6, 6.07) is 19.5. The third kappa shape index (κ3) is 5.58. The maximum absolute atomic E-state index is 10.3. The predicted molar refractivity (Wildman–Crippen MR) is 129 cm³/mol. The molecule has 2 rings (SSSR count). The van der Waals surface area contributed by atoms with Gasteiger partial charge in [-0.15, -0.1) is 0 Å². The number of rotatable bonds is 10. The van der Waals surface area contributed by atoms with E-state index in [9.17, 15) is 5.26 Å². The molecule has 2 atom stereocenters. The van der Waals surface area contributed by atoms with E-state index < -0.39 is 5.41 Å². The number of nitriles is 1. The fraction of sp³-hybridized carbons (Fsp3) is 0.500. The van der Waals surface area contributed by atoms with Crippen molar-refractivity contribution in [3.05, 3.63) is 69.7 Å². The standard InChI is InChI=1S/C26H34Cl2N2/c1-6-22(30(20(4)5)17-21-11-8-7-9-12-21)15-16-26(18-29,19(2)3)25-23(27)13-10-14-24(25)28/h7-14,19-20,22H,6,15-17H2,1-5H3. The summed E-state index contributed by atoms with van der Waals surface area (Å²) in [4.78, 5) is 2.55. The van der Waals surface area contributed by atoms with Gasteiger partial charge < -0.3 is 0 Å². The highest BCUT2D eigenvalue weighted by Gasteiger charge is 2.40. The van der Waals surface area contributed by atoms with Gasteiger partial charge in [0.2, 0.25) is 0 Å². The minimum absolute atomic E-state index is 0.0963. The molecule has 0 aliphatic carbocycles. The van der Waals surface area contributed by atoms with Gasteiger partial charge in [0, 0.05) is 34.2 Å². The molecule has 0 N–H and O–H groups in total. The molecule has 2 aromatic rings. The summed E-state index contributed by atoms with van der Waals surface area (Å²) in [6.07, 6.45) is 2.66. The van der Waals surface area contributed by atoms with Crippen LogP contribution in [0.5, 0.6) is 0 Å². The first-order valence-corrected chi connectivity index (χ1v) is 11.7. The Morgan fingerprint density at radius 3 is 2.03 bits per heavy atom. The minimum Gasteiger partial charge on any atom is -0.294 e. The molecule has 0 aliphatic heterocycles. The lowest BCUT2D eigenvalue weighted by molar-refractivity contribution is 0.123. The van der Waals surface area contributed by atoms with E-state index in [0.717, 1.165) is 31.4 Å². The zero-order valence-electron chi connectivity index (χ0n) is 18.8. The van der Waals surface area contributed by atoms with Gasteiger partial charge >= 0.3 is 0 Å². The second-order valence-electron chi connectivity index (χ2n) is 8.69. The van der Waals surface area contributed by atoms with Crippen molar-refractivity contribution in [2.24, 2.45) is 5.92 Å². The summed E-state index contributed by atoms with van der Waals surface area (Å²) in [6.45, 7) is 11.8. The molecule has 0 fully saturated rings. The molecule has 0 saturated heterocycles. The largest absolute Gasteiger partial charge is 0.294 e. The molecule has 0 saturated carbocycles. The average molecular weight is 445 g/mol. The van der Waals surface area contributed by atoms with E-state index in [-0.39, 0.29) is 5.92 Å². The molecule has 0 amide bonds. The van der Waals surface area contributed by atoms with Crippen molar-refractivity contribution in [2.75, 3.05) is 0 Å². The van der Waals surface area contributed by atoms with Crippen LogP contribution in [0.4, 0.5) is 0 Å². The summed E-state index contributed by atoms with van der Waals surface area (Å²) in [5.41, 5.74) is 1.38. The van der Waals surface area contributed by atoms with Crippen LogP contribution in [0.15, 0.2) is 48.5 Å². The van der Waals surface area contributed by atoms with E-state index in [0.29, 0.717) is 22.1 Å². The van der Waals surface area contributed by atoms with Crippen molar-refractivity contribution in [1.82, 2.24) is 4.90 Å². The number of hydrogen-bond donors (Lipinski definition) is 0. The van der Waals surface area contributed by atoms with Crippen LogP contribution in [-0.2, 0) is 12.0 Å². The number of hydrogen-bond acceptors (Lipinski definition) is 2. The molecule has 0 spiro atoms. The van der Waals surface area contributed by atoms with E-state index in [1.807, 2.05) is 18.2 Å². The summed E-state index contributed by atoms with van der Waals surface area (Å²) in [5, 5.41) is 11.5. The van der Waals surface area contributed by atoms with Crippen LogP contribution >= 0.6 is 23.2 Å². The SMILES string of the molecule is CCC(CCC(C#N)(c1c(Cl)cccc1Cl)C(C)C)N(Cc1ccccc1)C(C)C. The fourth-order valence-electron chi connectivity index (χ4n) is 4.39. The summed E-state index contributed by atoms with van der Waals surface area (Å²) in [5.74, 6) is 0.0963. The third-order valence-corrected chi connectivity index (χ3v) is 6.91. The maximum atomic E-state index is 10.3. The molecule has 162 valence electrons. The molecule has 2 unspecified atom stereocenters. The Kier molecular flexibility index (Phi) is 9.23. The quantitative estimate of drug-likeness (QED) is 0.372. The Balaban J connectivity index is 2.33. The van der Waals surface area contributed by atoms with E-state index in [1.165, 1.54) is 5.56 Å². The lowest BCUT2D eigenvalue weighted by atomic mass is 9.69. The second kappa shape index (κ2) is 11.2. The fourth-order valence-corrected chi connectivity index (χ4v) is 5.13. The summed E-state index contributed by atoms with van der Waals surface area (Å²) < 4.78 is 0. The van der Waals surface area contributed by atoms with Crippen LogP contribution in [-0.4, -0.2) is 17.0 Å². The zero-order valence-corrected chi connectivity index (χ0v) is 20.3. The van der Waals surface area contributed by atoms with E-state index in [4.69, 9.17) is 23.2 Å². The van der Waals surface area contributed by atoms with Crippen LogP contribution in [0.25, 0.3) is 0 Å². The van der Waals surface area contributed by atoms with Crippen LogP contribution < -0.4 is 0 Å². The van der Waals surface area contributed by atoms with Gasteiger partial charge in [-0.05, 0) is 56.7 Å². The molecule has 2 aromatic carbocycles. The Morgan fingerprint density at radius 2 is 1.57 bits per heavy atom. The Morgan fingerprint density at radius 1 is 0.967 bits per heavy atom. The van der Waals surface area contributed by atoms with Gasteiger partial charge in [0.05, 0.1) is 11.5 Å². The molecule has 0 radical (unpaired) electrons. The van der Waals surface area contributed by atoms with Crippen LogP contribution in [0.2, 0.25) is 10.0 Å². The van der Waals surface area contributed by atoms with Gasteiger partial charge in [-0.2, -0.15) is 5.26 Å². The molecular weight excluding hydrogens is 411 g/mol. The zero-order chi connectivity index (χ0) is 22.3. The average Bonchev–Trinajstić information content (AvgIpc) is 2.72. The topological polar surface area (TPSA) is 27.0 Å². The lowest BCUT2D eigenvalue weighted by Crippen LogP contribution is -2.41. The lowest BCUT2D eigenvalue weighted by Gasteiger charge is -2.38. The van der Waals surface area contributed by atoms with E-state index in [1.54, 1.807) is 0 Å². The number of benzene rings is 2. The number of halogens is 2. The van der Waals surface area contributed by atoms with Crippen molar-refractivity contribution < 1.29 is 0 Å². The van der Waals surface area contributed by atoms with Gasteiger partial charge in [-0.25, -0.2) is 0 Å². The van der Waals surface area contributed by atoms with E-state index >= 15 is 0 Å². The van der Waals surface area contributed by atoms with Crippen molar-refractivity contribution in [2.45, 2.75) is 77.9 Å². The maximum Gasteiger partial charge on any atom is 0.0874 e. The highest BCUT2D eigenvalue weighted by Crippen LogP contribution is 2.44. The molecule has 0 heterocycles. The van der Waals surface area contributed by atoms with Crippen molar-refractivity contribution in [1.29, 1.82) is 5.26 Å². The van der Waals surface area contributed by atoms with Gasteiger partial charge in [-0.1, -0.05) is 80.4 Å². The molecule has 30 heavy (non-hydrogen) atoms. The highest BCUT2D eigenvalue weighted by molar-refractivity contribution is 6.36. The Bertz CT molecular complexity index is 822. The van der Waals surface area contributed by atoms with E-state index in [2.05, 4.69) is 75.9 Å². The third-order valence-electron chi connectivity index (χ3n) is 6.28. The summed E-state index contributed by atoms with van der Waals surface area (Å²) >= 11 is 13.1. The molecule has 2 nitrogen and oxygen atoms in total. The Hall–Kier alpha value is -1.53. The first-order chi connectivity index (χ1) is 14.3. The molecule has 0 aliphatic rings. The second-order valence-corrected chi connectivity index (χ2v) is 9.50. The van der Waals surface area contributed by atoms with Crippen molar-refractivity contribution in [3.8, 4) is 6.07 Å². The monoisotopic (exact) mass is 444 g/mol. The van der Waals surface area contributed by atoms with Gasteiger partial charge in [0.25, 0.3) is 0 Å². The van der Waals surface area contributed by atoms with Crippen LogP contribution in [0.1, 0.15) is 65.0 Å². The summed E-state index contributed by atoms with van der Waals surface area (Å²) in [7, 11) is 0. The number of nitrogens with zero attached hydrogens (tertiary/aromatic N) is 2. The van der Waals surface area contributed by atoms with Crippen LogP contribution in [0.3, 0.4) is 0 Å². The normalized spacial score (nSPS) is 14.7. The minimum atomic E-state index is -0.710. The van der Waals surface area contributed by atoms with Gasteiger partial charge in [0.15, 0.2) is 0 Å². The van der Waals surface area contributed by atoms with Gasteiger partial charge in [-0.3, -0.25) is 4.90 Å². The molecule has 4 heteroatoms. The van der Waals surface area contributed by atoms with Crippen LogP contribution in [0, 0.1) is 17.2 Å². The van der Waals surface area contributed by atoms with Crippen molar-refractivity contribution >= 4 is 23.2 Å². The highest BCUT2D eigenvalue weighted by atomic mass is 35.5. The first-order valence-electron chi connectivity index (χ1n) is 10.9. The smallest absolute Gasteiger partial charge is 0.0874 e. The van der Waals surface area contributed by atoms with Crippen molar-refractivity contribution in [3.63, 3.8) is 0 Å². The first kappa shape index (κ1) is 24.7. The molecular formula is C26H34Cl2N2. The Labute approximate surface area is 192 Å². The van der Waals surface area contributed by atoms with Gasteiger partial charge in [0.1, 0.15) is 0 Å². The molecule has 0 aromatic heterocycles.